The maximum Gasteiger partial charge on any atom is 0.416 e. The summed E-state index contributed by atoms with van der Waals surface area (Å²) in [7, 11) is 0. The molecule has 0 bridgehead atoms. The monoisotopic (exact) mass is 415 g/mol. The number of hydrogen-bond donors (Lipinski definition) is 1. The van der Waals surface area contributed by atoms with Gasteiger partial charge in [-0.15, -0.1) is 4.91 Å². The van der Waals surface area contributed by atoms with Crippen molar-refractivity contribution in [2.45, 2.75) is 12.6 Å². The van der Waals surface area contributed by atoms with E-state index in [4.69, 9.17) is 0 Å². The molecule has 30 heavy (non-hydrogen) atoms. The van der Waals surface area contributed by atoms with Crippen molar-refractivity contribution in [2.75, 3.05) is 0 Å². The van der Waals surface area contributed by atoms with Gasteiger partial charge in [0.05, 0.1) is 23.9 Å². The fraction of sp³-hybridized carbons (Fsp3) is 0.105. The molecule has 0 amide bonds. The normalized spacial score (nSPS) is 11.6. The Balaban J connectivity index is 1.73. The van der Waals surface area contributed by atoms with Gasteiger partial charge >= 0.3 is 12.1 Å². The average Bonchev–Trinajstić information content (AvgIpc) is 3.36. The van der Waals surface area contributed by atoms with Gasteiger partial charge in [-0.3, -0.25) is 4.84 Å². The first-order chi connectivity index (χ1) is 14.4. The molecule has 0 saturated heterocycles. The second-order valence-electron chi connectivity index (χ2n) is 6.33. The van der Waals surface area contributed by atoms with Crippen LogP contribution in [-0.2, 0) is 22.2 Å². The first kappa shape index (κ1) is 19.3. The number of nitrogens with zero attached hydrogens (tertiary/aromatic N) is 4. The van der Waals surface area contributed by atoms with Gasteiger partial charge in [-0.2, -0.15) is 18.3 Å². The molecular weight excluding hydrogens is 403 g/mol. The summed E-state index contributed by atoms with van der Waals surface area (Å²) in [4.78, 5) is 32.7. The van der Waals surface area contributed by atoms with Gasteiger partial charge < -0.3 is 4.98 Å². The summed E-state index contributed by atoms with van der Waals surface area (Å²) in [6.45, 7) is 0. The molecule has 152 valence electrons. The number of alkyl halides is 3. The van der Waals surface area contributed by atoms with Crippen molar-refractivity contribution in [1.82, 2.24) is 19.7 Å². The van der Waals surface area contributed by atoms with Crippen LogP contribution in [0.5, 0.6) is 0 Å². The Kier molecular flexibility index (Phi) is 4.78. The summed E-state index contributed by atoms with van der Waals surface area (Å²) in [5, 5.41) is 7.05. The predicted molar refractivity (Wildman–Crippen MR) is 99.2 cm³/mol. The molecule has 0 radical (unpaired) electrons. The first-order valence-electron chi connectivity index (χ1n) is 8.57. The van der Waals surface area contributed by atoms with E-state index in [1.165, 1.54) is 16.8 Å². The highest BCUT2D eigenvalue weighted by Gasteiger charge is 2.34. The van der Waals surface area contributed by atoms with Gasteiger partial charge in [0, 0.05) is 29.5 Å². The minimum atomic E-state index is -4.69. The van der Waals surface area contributed by atoms with Crippen LogP contribution < -0.4 is 0 Å². The van der Waals surface area contributed by atoms with Crippen molar-refractivity contribution in [3.8, 4) is 16.8 Å². The summed E-state index contributed by atoms with van der Waals surface area (Å²) in [6, 6.07) is 6.93. The topological polar surface area (TPSA) is 102 Å². The van der Waals surface area contributed by atoms with Crippen molar-refractivity contribution in [2.24, 2.45) is 5.34 Å². The van der Waals surface area contributed by atoms with Crippen molar-refractivity contribution in [3.05, 3.63) is 71.2 Å². The number of fused-ring (bicyclic) bond motifs is 1. The smallest absolute Gasteiger partial charge is 0.346 e. The van der Waals surface area contributed by atoms with Gasteiger partial charge in [0.1, 0.15) is 5.65 Å². The molecule has 1 aromatic carbocycles. The second kappa shape index (κ2) is 7.43. The standard InChI is InChI=1S/C19H12F3N5O3/c20-19(21,22)16-2-1-13(7-11(16)8-17(28)30-26-29)27-10-12(9-25-27)14-3-5-23-18-15(14)4-6-24-18/h1-7,9-10H,8H2,(H,23,24). The molecule has 3 aromatic heterocycles. The average molecular weight is 415 g/mol. The van der Waals surface area contributed by atoms with Crippen molar-refractivity contribution in [1.29, 1.82) is 0 Å². The minimum Gasteiger partial charge on any atom is -0.346 e. The highest BCUT2D eigenvalue weighted by atomic mass is 19.4. The maximum absolute atomic E-state index is 13.3. The fourth-order valence-electron chi connectivity index (χ4n) is 3.19. The fourth-order valence-corrected chi connectivity index (χ4v) is 3.19. The Hall–Kier alpha value is -4.02. The van der Waals surface area contributed by atoms with E-state index in [-0.39, 0.29) is 5.56 Å². The zero-order valence-corrected chi connectivity index (χ0v) is 15.1. The zero-order valence-electron chi connectivity index (χ0n) is 15.1. The summed E-state index contributed by atoms with van der Waals surface area (Å²) in [6.07, 6.45) is 1.16. The van der Waals surface area contributed by atoms with E-state index in [0.717, 1.165) is 22.6 Å². The molecule has 4 aromatic rings. The van der Waals surface area contributed by atoms with Crippen LogP contribution in [0.25, 0.3) is 27.8 Å². The highest BCUT2D eigenvalue weighted by Crippen LogP contribution is 2.34. The van der Waals surface area contributed by atoms with E-state index < -0.39 is 24.1 Å². The maximum atomic E-state index is 13.3. The molecule has 0 atom stereocenters. The van der Waals surface area contributed by atoms with Crippen molar-refractivity contribution < 1.29 is 22.8 Å². The summed E-state index contributed by atoms with van der Waals surface area (Å²) in [5.74, 6) is -1.19. The molecule has 3 heterocycles. The number of carbonyl (C=O) groups excluding carboxylic acids is 1. The van der Waals surface area contributed by atoms with Crippen LogP contribution in [0.3, 0.4) is 0 Å². The van der Waals surface area contributed by atoms with Gasteiger partial charge in [-0.05, 0) is 41.5 Å². The molecule has 0 aliphatic heterocycles. The highest BCUT2D eigenvalue weighted by molar-refractivity contribution is 5.92. The van der Waals surface area contributed by atoms with Crippen LogP contribution >= 0.6 is 0 Å². The quantitative estimate of drug-likeness (QED) is 0.389. The lowest BCUT2D eigenvalue weighted by atomic mass is 10.0. The molecule has 0 aliphatic carbocycles. The number of nitrogens with one attached hydrogen (secondary N) is 1. The number of aromatic nitrogens is 4. The number of halogens is 3. The second-order valence-corrected chi connectivity index (χ2v) is 6.33. The lowest BCUT2D eigenvalue weighted by Gasteiger charge is -2.13. The summed E-state index contributed by atoms with van der Waals surface area (Å²) in [5.41, 5.74) is 1.20. The Bertz CT molecular complexity index is 1250. The zero-order chi connectivity index (χ0) is 21.3. The van der Waals surface area contributed by atoms with Crippen LogP contribution in [0.4, 0.5) is 13.2 Å². The number of hydrogen-bond acceptors (Lipinski definition) is 6. The van der Waals surface area contributed by atoms with Crippen LogP contribution in [0.1, 0.15) is 11.1 Å². The molecule has 1 N–H and O–H groups in total. The lowest BCUT2D eigenvalue weighted by Crippen LogP contribution is -2.14. The van der Waals surface area contributed by atoms with E-state index in [1.54, 1.807) is 30.9 Å². The number of rotatable bonds is 5. The largest absolute Gasteiger partial charge is 0.416 e. The molecular formula is C19H12F3N5O3. The van der Waals surface area contributed by atoms with Gasteiger partial charge in [0.25, 0.3) is 0 Å². The van der Waals surface area contributed by atoms with Crippen LogP contribution in [0.2, 0.25) is 0 Å². The van der Waals surface area contributed by atoms with Gasteiger partial charge in [-0.25, -0.2) is 14.5 Å². The Labute approximate surface area is 166 Å². The molecule has 0 unspecified atom stereocenters. The van der Waals surface area contributed by atoms with Crippen molar-refractivity contribution >= 4 is 17.0 Å². The predicted octanol–water partition coefficient (Wildman–Crippen LogP) is 4.20. The van der Waals surface area contributed by atoms with Crippen LogP contribution in [-0.4, -0.2) is 25.7 Å². The SMILES string of the molecule is O=NOC(=O)Cc1cc(-n2cc(-c3ccnc4[nH]ccc34)cn2)ccc1C(F)(F)F. The van der Waals surface area contributed by atoms with E-state index in [0.29, 0.717) is 11.3 Å². The first-order valence-corrected chi connectivity index (χ1v) is 8.57. The third kappa shape index (κ3) is 3.64. The third-order valence-electron chi connectivity index (χ3n) is 4.49. The molecule has 11 heteroatoms. The van der Waals surface area contributed by atoms with Gasteiger partial charge in [0.15, 0.2) is 5.34 Å². The Morgan fingerprint density at radius 3 is 2.83 bits per heavy atom. The number of carbonyl (C=O) groups is 1. The number of pyridine rings is 1. The Morgan fingerprint density at radius 1 is 1.23 bits per heavy atom. The van der Waals surface area contributed by atoms with Gasteiger partial charge in [0.2, 0.25) is 0 Å². The number of H-pyrrole nitrogens is 1. The van der Waals surface area contributed by atoms with E-state index >= 15 is 0 Å². The van der Waals surface area contributed by atoms with E-state index in [2.05, 4.69) is 19.9 Å². The molecule has 0 fully saturated rings. The molecule has 0 saturated carbocycles. The summed E-state index contributed by atoms with van der Waals surface area (Å²) < 4.78 is 41.3. The lowest BCUT2D eigenvalue weighted by molar-refractivity contribution is -0.144. The molecule has 4 rings (SSSR count). The minimum absolute atomic E-state index is 0.301. The summed E-state index contributed by atoms with van der Waals surface area (Å²) >= 11 is 0. The van der Waals surface area contributed by atoms with Crippen LogP contribution in [0, 0.1) is 4.91 Å². The van der Waals surface area contributed by atoms with Crippen LogP contribution in [0.15, 0.2) is 60.5 Å². The van der Waals surface area contributed by atoms with Gasteiger partial charge in [-0.1, -0.05) is 0 Å². The number of benzene rings is 1. The van der Waals surface area contributed by atoms with Crippen molar-refractivity contribution in [3.63, 3.8) is 0 Å². The van der Waals surface area contributed by atoms with E-state index in [9.17, 15) is 22.9 Å². The third-order valence-corrected chi connectivity index (χ3v) is 4.49. The molecule has 0 aliphatic rings. The Morgan fingerprint density at radius 2 is 2.07 bits per heavy atom. The molecule has 8 nitrogen and oxygen atoms in total. The molecule has 0 spiro atoms. The van der Waals surface area contributed by atoms with E-state index in [1.807, 2.05) is 11.4 Å². The number of aromatic amines is 1.